The molecule has 5 rings (SSSR count). The number of carboxylic acids is 1. The van der Waals surface area contributed by atoms with E-state index >= 15 is 0 Å². The van der Waals surface area contributed by atoms with Gasteiger partial charge in [0.15, 0.2) is 0 Å². The number of aliphatic hydroxyl groups is 3. The van der Waals surface area contributed by atoms with E-state index in [0.29, 0.717) is 58.6 Å². The van der Waals surface area contributed by atoms with E-state index in [9.17, 15) is 25.2 Å². The van der Waals surface area contributed by atoms with Crippen LogP contribution in [0.3, 0.4) is 0 Å². The minimum atomic E-state index is -1.19. The molecule has 15 heteroatoms. The number of benzene rings is 4. The van der Waals surface area contributed by atoms with Crippen molar-refractivity contribution in [2.75, 3.05) is 46.1 Å². The molecular formula is C38H42Cl2N4O9. The Labute approximate surface area is 316 Å². The number of nitrogens with one attached hydrogen (secondary N) is 1. The van der Waals surface area contributed by atoms with E-state index in [4.69, 9.17) is 42.0 Å². The highest BCUT2D eigenvalue weighted by atomic mass is 35.5. The number of aliphatic hydroxyl groups excluding tert-OH is 3. The van der Waals surface area contributed by atoms with Gasteiger partial charge in [-0.1, -0.05) is 59.6 Å². The predicted octanol–water partition coefficient (Wildman–Crippen LogP) is 5.34. The fourth-order valence-corrected chi connectivity index (χ4v) is 6.10. The normalized spacial score (nSPS) is 12.0. The summed E-state index contributed by atoms with van der Waals surface area (Å²) >= 11 is 13.6. The van der Waals surface area contributed by atoms with Crippen molar-refractivity contribution < 1.29 is 44.1 Å². The molecule has 13 nitrogen and oxygen atoms in total. The van der Waals surface area contributed by atoms with Gasteiger partial charge in [0, 0.05) is 42.4 Å². The van der Waals surface area contributed by atoms with Gasteiger partial charge < -0.3 is 34.6 Å². The van der Waals surface area contributed by atoms with Gasteiger partial charge in [0.2, 0.25) is 0 Å². The molecule has 0 aliphatic carbocycles. The monoisotopic (exact) mass is 768 g/mol. The number of halogens is 2. The van der Waals surface area contributed by atoms with Crippen LogP contribution in [-0.2, 0) is 24.6 Å². The van der Waals surface area contributed by atoms with Gasteiger partial charge in [0.05, 0.1) is 36.5 Å². The lowest BCUT2D eigenvalue weighted by molar-refractivity contribution is -0.140. The lowest BCUT2D eigenvalue weighted by Gasteiger charge is -2.19. The van der Waals surface area contributed by atoms with Gasteiger partial charge in [-0.2, -0.15) is 0 Å². The fraction of sp³-hybridized carbons (Fsp3) is 0.342. The number of ether oxygens (including phenoxy) is 3. The number of fused-ring (bicyclic) bond motifs is 1. The highest BCUT2D eigenvalue weighted by Gasteiger charge is 2.19. The Morgan fingerprint density at radius 2 is 1.58 bits per heavy atom. The topological polar surface area (TPSA) is 180 Å². The van der Waals surface area contributed by atoms with Gasteiger partial charge in [0.1, 0.15) is 47.5 Å². The Morgan fingerprint density at radius 1 is 0.811 bits per heavy atom. The van der Waals surface area contributed by atoms with Crippen LogP contribution in [-0.4, -0.2) is 93.7 Å². The smallest absolute Gasteiger partial charge is 0.323 e. The van der Waals surface area contributed by atoms with E-state index in [-0.39, 0.29) is 38.0 Å². The Kier molecular flexibility index (Phi) is 15.1. The van der Waals surface area contributed by atoms with Crippen LogP contribution in [0.15, 0.2) is 77.4 Å². The Bertz CT molecular complexity index is 1940. The summed E-state index contributed by atoms with van der Waals surface area (Å²) in [5, 5.41) is 48.6. The molecule has 282 valence electrons. The van der Waals surface area contributed by atoms with E-state index in [2.05, 4.69) is 15.6 Å². The van der Waals surface area contributed by atoms with E-state index in [1.54, 1.807) is 24.3 Å². The van der Waals surface area contributed by atoms with Gasteiger partial charge in [-0.05, 0) is 71.2 Å². The van der Waals surface area contributed by atoms with Gasteiger partial charge in [-0.15, -0.1) is 0 Å². The molecule has 5 N–H and O–H groups in total. The van der Waals surface area contributed by atoms with Crippen molar-refractivity contribution in [2.45, 2.75) is 38.6 Å². The minimum absolute atomic E-state index is 0.0453. The van der Waals surface area contributed by atoms with E-state index in [1.165, 1.54) is 0 Å². The molecule has 0 radical (unpaired) electrons. The lowest BCUT2D eigenvalue weighted by Crippen LogP contribution is -2.39. The summed E-state index contributed by atoms with van der Waals surface area (Å²) in [6, 6.07) is 20.8. The number of hydrogen-bond donors (Lipinski definition) is 5. The molecule has 0 saturated carbocycles. The third-order valence-electron chi connectivity index (χ3n) is 8.42. The van der Waals surface area contributed by atoms with E-state index < -0.39 is 18.6 Å². The average Bonchev–Trinajstić information content (AvgIpc) is 3.63. The van der Waals surface area contributed by atoms with Crippen LogP contribution < -0.4 is 19.5 Å². The summed E-state index contributed by atoms with van der Waals surface area (Å²) in [6.45, 7) is 2.15. The third-order valence-corrected chi connectivity index (χ3v) is 9.17. The Hall–Kier alpha value is -4.47. The number of carboxylic acid groups (broad SMARTS) is 1. The van der Waals surface area contributed by atoms with Crippen molar-refractivity contribution in [2.24, 2.45) is 0 Å². The molecule has 0 fully saturated rings. The molecule has 0 aliphatic rings. The van der Waals surface area contributed by atoms with Crippen molar-refractivity contribution in [1.29, 1.82) is 0 Å². The van der Waals surface area contributed by atoms with Crippen molar-refractivity contribution in [3.05, 3.63) is 99.5 Å². The third kappa shape index (κ3) is 11.3. The SMILES string of the molecule is O=C(O)[C@@H](CO)NCc1cc(Cl)c(OCc2cccc(-c3cccc(OCCCCN(CCO)CCO)c3)c2Cl)cc1OCc1ccc2nonc2c1. The number of hydrogen-bond acceptors (Lipinski definition) is 12. The standard InChI is InChI=1S/C38H42Cl2N4O9/c39-31-19-28(21-41-34(22-47)38(48)49)35(51-23-25-9-10-32-33(17-25)43-53-42-32)20-36(31)52-24-27-6-4-8-30(37(27)40)26-5-3-7-29(18-26)50-16-2-1-11-44(12-14-45)13-15-46/h3-10,17-20,34,41,45-47H,1-2,11-16,21-24H2,(H,48,49)/t34-/m1/s1. The summed E-state index contributed by atoms with van der Waals surface area (Å²) in [6.07, 6.45) is 1.69. The first kappa shape index (κ1) is 39.7. The number of nitrogens with zero attached hydrogens (tertiary/aromatic N) is 3. The first-order valence-corrected chi connectivity index (χ1v) is 17.9. The average molecular weight is 770 g/mol. The van der Waals surface area contributed by atoms with Crippen LogP contribution >= 0.6 is 23.2 Å². The second-order valence-electron chi connectivity index (χ2n) is 12.2. The summed E-state index contributed by atoms with van der Waals surface area (Å²) in [5.41, 5.74) is 4.93. The Balaban J connectivity index is 1.26. The van der Waals surface area contributed by atoms with E-state index in [1.807, 2.05) is 53.4 Å². The first-order valence-electron chi connectivity index (χ1n) is 17.1. The number of carbonyl (C=O) groups is 1. The molecular weight excluding hydrogens is 727 g/mol. The number of aromatic nitrogens is 2. The van der Waals surface area contributed by atoms with Crippen molar-refractivity contribution in [1.82, 2.24) is 20.5 Å². The fourth-order valence-electron chi connectivity index (χ4n) is 5.57. The molecule has 4 aromatic carbocycles. The van der Waals surface area contributed by atoms with Crippen molar-refractivity contribution in [3.8, 4) is 28.4 Å². The largest absolute Gasteiger partial charge is 0.494 e. The van der Waals surface area contributed by atoms with Gasteiger partial charge in [0.25, 0.3) is 0 Å². The molecule has 0 unspecified atom stereocenters. The molecule has 0 saturated heterocycles. The summed E-state index contributed by atoms with van der Waals surface area (Å²) in [7, 11) is 0. The molecule has 0 amide bonds. The van der Waals surface area contributed by atoms with Crippen LogP contribution in [0.5, 0.6) is 17.2 Å². The minimum Gasteiger partial charge on any atom is -0.494 e. The summed E-state index contributed by atoms with van der Waals surface area (Å²) < 4.78 is 23.2. The van der Waals surface area contributed by atoms with Crippen LogP contribution in [0, 0.1) is 0 Å². The second kappa shape index (κ2) is 20.1. The van der Waals surface area contributed by atoms with Crippen molar-refractivity contribution >= 4 is 40.2 Å². The molecule has 0 bridgehead atoms. The van der Waals surface area contributed by atoms with Crippen molar-refractivity contribution in [3.63, 3.8) is 0 Å². The van der Waals surface area contributed by atoms with Crippen LogP contribution in [0.4, 0.5) is 0 Å². The number of rotatable bonds is 22. The second-order valence-corrected chi connectivity index (χ2v) is 12.9. The quantitative estimate of drug-likeness (QED) is 0.0571. The molecule has 5 aromatic rings. The molecule has 1 aromatic heterocycles. The zero-order chi connectivity index (χ0) is 37.6. The summed E-state index contributed by atoms with van der Waals surface area (Å²) in [5.74, 6) is 0.234. The predicted molar refractivity (Wildman–Crippen MR) is 199 cm³/mol. The number of unbranched alkanes of at least 4 members (excludes halogenated alkanes) is 1. The Morgan fingerprint density at radius 3 is 2.36 bits per heavy atom. The first-order chi connectivity index (χ1) is 25.8. The molecule has 0 aliphatic heterocycles. The zero-order valence-electron chi connectivity index (χ0n) is 28.9. The maximum Gasteiger partial charge on any atom is 0.323 e. The molecule has 1 atom stereocenters. The van der Waals surface area contributed by atoms with Crippen LogP contribution in [0.1, 0.15) is 29.5 Å². The van der Waals surface area contributed by atoms with Gasteiger partial charge >= 0.3 is 5.97 Å². The molecule has 1 heterocycles. The van der Waals surface area contributed by atoms with E-state index in [0.717, 1.165) is 41.6 Å². The number of aliphatic carboxylic acids is 1. The maximum absolute atomic E-state index is 11.5. The lowest BCUT2D eigenvalue weighted by atomic mass is 10.0. The molecule has 0 spiro atoms. The highest BCUT2D eigenvalue weighted by Crippen LogP contribution is 2.36. The van der Waals surface area contributed by atoms with Crippen LogP contribution in [0.25, 0.3) is 22.2 Å². The highest BCUT2D eigenvalue weighted by molar-refractivity contribution is 6.34. The van der Waals surface area contributed by atoms with Gasteiger partial charge in [-0.25, -0.2) is 4.63 Å². The maximum atomic E-state index is 11.5. The van der Waals surface area contributed by atoms with Crippen LogP contribution in [0.2, 0.25) is 10.0 Å². The zero-order valence-corrected chi connectivity index (χ0v) is 30.4. The molecule has 53 heavy (non-hydrogen) atoms. The summed E-state index contributed by atoms with van der Waals surface area (Å²) in [4.78, 5) is 13.5. The van der Waals surface area contributed by atoms with Gasteiger partial charge in [-0.3, -0.25) is 15.0 Å².